The van der Waals surface area contributed by atoms with Gasteiger partial charge in [-0.1, -0.05) is 12.1 Å². The third kappa shape index (κ3) is 3.76. The van der Waals surface area contributed by atoms with Gasteiger partial charge in [0, 0.05) is 30.0 Å². The van der Waals surface area contributed by atoms with Gasteiger partial charge in [-0.2, -0.15) is 5.10 Å². The molecular weight excluding hydrogens is 406 g/mol. The smallest absolute Gasteiger partial charge is 0.323 e. The molecule has 4 N–H and O–H groups in total. The number of carbonyl (C=O) groups is 1. The highest BCUT2D eigenvalue weighted by Gasteiger charge is 2.27. The van der Waals surface area contributed by atoms with Crippen LogP contribution in [0, 0.1) is 4.91 Å². The van der Waals surface area contributed by atoms with E-state index < -0.39 is 0 Å². The van der Waals surface area contributed by atoms with E-state index in [0.717, 1.165) is 40.7 Å². The summed E-state index contributed by atoms with van der Waals surface area (Å²) in [6.07, 6.45) is 2.30. The molecule has 160 valence electrons. The molecule has 1 aliphatic carbocycles. The molecule has 5 rings (SSSR count). The Balaban J connectivity index is 1.38. The van der Waals surface area contributed by atoms with Gasteiger partial charge in [0.15, 0.2) is 11.5 Å². The quantitative estimate of drug-likeness (QED) is 0.380. The van der Waals surface area contributed by atoms with Crippen LogP contribution >= 0.6 is 0 Å². The zero-order chi connectivity index (χ0) is 22.2. The van der Waals surface area contributed by atoms with Crippen molar-refractivity contribution in [2.24, 2.45) is 12.2 Å². The Labute approximate surface area is 183 Å². The predicted octanol–water partition coefficient (Wildman–Crippen LogP) is 5.14. The van der Waals surface area contributed by atoms with E-state index in [1.807, 2.05) is 31.3 Å². The summed E-state index contributed by atoms with van der Waals surface area (Å²) in [7, 11) is 1.85. The highest BCUT2D eigenvalue weighted by atomic mass is 16.3. The first-order valence-corrected chi connectivity index (χ1v) is 10.3. The zero-order valence-electron chi connectivity index (χ0n) is 17.4. The molecule has 2 aromatic heterocycles. The van der Waals surface area contributed by atoms with Gasteiger partial charge in [0.05, 0.1) is 5.39 Å². The number of fused-ring (bicyclic) bond motifs is 1. The standard InChI is InChI=1S/C23H21N7O2/c1-30-22-20(21(24)28-30)18(12-19(27-22)14-2-3-14)13-4-6-15(7-5-13)25-23(31)26-16-8-10-17(29-32)11-9-16/h4-12,14H,2-3H2,1H3,(H2,24,28)(H2,25,26,31). The third-order valence-corrected chi connectivity index (χ3v) is 5.52. The molecule has 9 nitrogen and oxygen atoms in total. The number of nitrogens with one attached hydrogen (secondary N) is 2. The number of amides is 2. The number of aromatic nitrogens is 3. The van der Waals surface area contributed by atoms with Gasteiger partial charge in [0.1, 0.15) is 5.69 Å². The van der Waals surface area contributed by atoms with Crippen LogP contribution in [0.5, 0.6) is 0 Å². The summed E-state index contributed by atoms with van der Waals surface area (Å²) in [5.41, 5.74) is 11.5. The number of nitrogens with zero attached hydrogens (tertiary/aromatic N) is 4. The van der Waals surface area contributed by atoms with Crippen molar-refractivity contribution >= 4 is 39.9 Å². The molecule has 2 aromatic carbocycles. The molecule has 9 heteroatoms. The molecule has 2 heterocycles. The van der Waals surface area contributed by atoms with E-state index in [9.17, 15) is 9.70 Å². The Hall–Kier alpha value is -4.27. The maximum absolute atomic E-state index is 12.3. The lowest BCUT2D eigenvalue weighted by Gasteiger charge is -2.10. The van der Waals surface area contributed by atoms with Crippen molar-refractivity contribution in [3.05, 3.63) is 65.2 Å². The highest BCUT2D eigenvalue weighted by molar-refractivity contribution is 6.02. The number of benzene rings is 2. The van der Waals surface area contributed by atoms with E-state index >= 15 is 0 Å². The summed E-state index contributed by atoms with van der Waals surface area (Å²) < 4.78 is 1.72. The molecule has 0 saturated heterocycles. The van der Waals surface area contributed by atoms with E-state index in [1.54, 1.807) is 16.8 Å². The number of anilines is 3. The minimum Gasteiger partial charge on any atom is -0.382 e. The van der Waals surface area contributed by atoms with Gasteiger partial charge in [-0.25, -0.2) is 14.5 Å². The van der Waals surface area contributed by atoms with Crippen LogP contribution in [0.2, 0.25) is 0 Å². The molecule has 1 saturated carbocycles. The van der Waals surface area contributed by atoms with Crippen molar-refractivity contribution in [3.8, 4) is 11.1 Å². The summed E-state index contributed by atoms with van der Waals surface area (Å²) in [5, 5.41) is 13.5. The first kappa shape index (κ1) is 19.7. The van der Waals surface area contributed by atoms with E-state index in [2.05, 4.69) is 27.0 Å². The van der Waals surface area contributed by atoms with Crippen LogP contribution in [0.1, 0.15) is 24.5 Å². The fourth-order valence-corrected chi connectivity index (χ4v) is 3.74. The molecule has 0 atom stereocenters. The Morgan fingerprint density at radius 1 is 1.06 bits per heavy atom. The molecule has 0 bridgehead atoms. The Morgan fingerprint density at radius 3 is 2.28 bits per heavy atom. The highest BCUT2D eigenvalue weighted by Crippen LogP contribution is 2.42. The van der Waals surface area contributed by atoms with Crippen LogP contribution in [0.25, 0.3) is 22.2 Å². The number of urea groups is 1. The first-order valence-electron chi connectivity index (χ1n) is 10.3. The average Bonchev–Trinajstić information content (AvgIpc) is 3.60. The molecule has 0 aliphatic heterocycles. The lowest BCUT2D eigenvalue weighted by molar-refractivity contribution is 0.262. The van der Waals surface area contributed by atoms with Crippen LogP contribution in [-0.4, -0.2) is 20.8 Å². The lowest BCUT2D eigenvalue weighted by Crippen LogP contribution is -2.19. The van der Waals surface area contributed by atoms with Gasteiger partial charge in [-0.3, -0.25) is 0 Å². The maximum Gasteiger partial charge on any atom is 0.323 e. The first-order chi connectivity index (χ1) is 15.5. The number of hydrogen-bond donors (Lipinski definition) is 3. The maximum atomic E-state index is 12.3. The predicted molar refractivity (Wildman–Crippen MR) is 125 cm³/mol. The Bertz CT molecular complexity index is 1320. The molecule has 32 heavy (non-hydrogen) atoms. The average molecular weight is 427 g/mol. The number of carbonyl (C=O) groups excluding carboxylic acids is 1. The fourth-order valence-electron chi connectivity index (χ4n) is 3.74. The number of pyridine rings is 1. The lowest BCUT2D eigenvalue weighted by atomic mass is 10.0. The second-order valence-corrected chi connectivity index (χ2v) is 7.87. The molecule has 4 aromatic rings. The monoisotopic (exact) mass is 427 g/mol. The van der Waals surface area contributed by atoms with Crippen LogP contribution in [0.15, 0.2) is 59.8 Å². The number of nitrogens with two attached hydrogens (primary N) is 1. The molecule has 0 unspecified atom stereocenters. The summed E-state index contributed by atoms with van der Waals surface area (Å²) in [4.78, 5) is 27.6. The largest absolute Gasteiger partial charge is 0.382 e. The summed E-state index contributed by atoms with van der Waals surface area (Å²) in [6.45, 7) is 0. The van der Waals surface area contributed by atoms with Crippen molar-refractivity contribution in [3.63, 3.8) is 0 Å². The van der Waals surface area contributed by atoms with Crippen molar-refractivity contribution in [1.82, 2.24) is 14.8 Å². The summed E-state index contributed by atoms with van der Waals surface area (Å²) in [5.74, 6) is 0.944. The van der Waals surface area contributed by atoms with E-state index in [-0.39, 0.29) is 6.03 Å². The number of aryl methyl sites for hydroxylation is 1. The van der Waals surface area contributed by atoms with Gasteiger partial charge in [-0.15, -0.1) is 4.91 Å². The van der Waals surface area contributed by atoms with Gasteiger partial charge in [0.2, 0.25) is 0 Å². The number of hydrogen-bond acceptors (Lipinski definition) is 6. The van der Waals surface area contributed by atoms with Gasteiger partial charge < -0.3 is 16.4 Å². The molecule has 2 amide bonds. The van der Waals surface area contributed by atoms with Crippen LogP contribution in [-0.2, 0) is 7.05 Å². The van der Waals surface area contributed by atoms with Gasteiger partial charge in [-0.05, 0) is 71.6 Å². The van der Waals surface area contributed by atoms with E-state index in [0.29, 0.717) is 28.8 Å². The summed E-state index contributed by atoms with van der Waals surface area (Å²) in [6, 6.07) is 15.6. The topological polar surface area (TPSA) is 127 Å². The summed E-state index contributed by atoms with van der Waals surface area (Å²) >= 11 is 0. The number of rotatable bonds is 5. The molecular formula is C23H21N7O2. The Morgan fingerprint density at radius 2 is 1.69 bits per heavy atom. The molecule has 0 radical (unpaired) electrons. The van der Waals surface area contributed by atoms with Crippen LogP contribution in [0.4, 0.5) is 27.7 Å². The number of nitroso groups, excluding NO2 is 1. The minimum atomic E-state index is -0.386. The number of nitrogen functional groups attached to an aromatic ring is 1. The van der Waals surface area contributed by atoms with E-state index in [1.165, 1.54) is 12.1 Å². The third-order valence-electron chi connectivity index (χ3n) is 5.52. The zero-order valence-corrected chi connectivity index (χ0v) is 17.4. The fraction of sp³-hybridized carbons (Fsp3) is 0.174. The minimum absolute atomic E-state index is 0.302. The molecule has 1 aliphatic rings. The molecule has 0 spiro atoms. The van der Waals surface area contributed by atoms with Crippen molar-refractivity contribution < 1.29 is 4.79 Å². The second kappa shape index (κ2) is 7.77. The van der Waals surface area contributed by atoms with Crippen molar-refractivity contribution in [2.45, 2.75) is 18.8 Å². The van der Waals surface area contributed by atoms with Crippen LogP contribution in [0.3, 0.4) is 0 Å². The Kier molecular flexibility index (Phi) is 4.78. The second-order valence-electron chi connectivity index (χ2n) is 7.87. The van der Waals surface area contributed by atoms with Crippen molar-refractivity contribution in [2.75, 3.05) is 16.4 Å². The van der Waals surface area contributed by atoms with Gasteiger partial charge in [0.25, 0.3) is 0 Å². The van der Waals surface area contributed by atoms with Gasteiger partial charge >= 0.3 is 6.03 Å². The SMILES string of the molecule is Cn1nc(N)c2c(-c3ccc(NC(=O)Nc4ccc(N=O)cc4)cc3)cc(C3CC3)nc21. The van der Waals surface area contributed by atoms with Crippen molar-refractivity contribution in [1.29, 1.82) is 0 Å². The van der Waals surface area contributed by atoms with Crippen LogP contribution < -0.4 is 16.4 Å². The molecule has 1 fully saturated rings. The van der Waals surface area contributed by atoms with E-state index in [4.69, 9.17) is 10.7 Å². The normalized spacial score (nSPS) is 13.2.